The molecule has 4 nitrogen and oxygen atoms in total. The number of nitrogens with one attached hydrogen (secondary N) is 1. The van der Waals surface area contributed by atoms with Gasteiger partial charge < -0.3 is 15.0 Å². The Morgan fingerprint density at radius 2 is 1.95 bits per heavy atom. The molecular formula is C16H24N2O2. The Morgan fingerprint density at radius 3 is 2.60 bits per heavy atom. The van der Waals surface area contributed by atoms with Gasteiger partial charge in [0.05, 0.1) is 6.61 Å². The lowest BCUT2D eigenvalue weighted by atomic mass is 10.1. The molecule has 0 saturated carbocycles. The SMILES string of the molecule is CCOc1ccc(C(=O)CCCN2CCNCC2)cc1. The second-order valence-corrected chi connectivity index (χ2v) is 5.08. The summed E-state index contributed by atoms with van der Waals surface area (Å²) in [4.78, 5) is 14.5. The van der Waals surface area contributed by atoms with Gasteiger partial charge in [0.2, 0.25) is 0 Å². The van der Waals surface area contributed by atoms with Crippen LogP contribution in [0.5, 0.6) is 5.75 Å². The van der Waals surface area contributed by atoms with Crippen molar-refractivity contribution in [2.75, 3.05) is 39.3 Å². The minimum Gasteiger partial charge on any atom is -0.494 e. The first kappa shape index (κ1) is 15.0. The first-order valence-corrected chi connectivity index (χ1v) is 7.48. The molecule has 1 aliphatic heterocycles. The number of ketones is 1. The van der Waals surface area contributed by atoms with Crippen molar-refractivity contribution < 1.29 is 9.53 Å². The molecule has 0 aliphatic carbocycles. The van der Waals surface area contributed by atoms with E-state index in [1.54, 1.807) is 0 Å². The number of ether oxygens (including phenoxy) is 1. The quantitative estimate of drug-likeness (QED) is 0.773. The third-order valence-corrected chi connectivity index (χ3v) is 3.58. The Labute approximate surface area is 121 Å². The number of rotatable bonds is 7. The molecule has 110 valence electrons. The Balaban J connectivity index is 1.73. The first-order valence-electron chi connectivity index (χ1n) is 7.48. The fourth-order valence-electron chi connectivity index (χ4n) is 2.45. The number of piperazine rings is 1. The summed E-state index contributed by atoms with van der Waals surface area (Å²) >= 11 is 0. The zero-order valence-electron chi connectivity index (χ0n) is 12.2. The summed E-state index contributed by atoms with van der Waals surface area (Å²) in [7, 11) is 0. The molecule has 4 heteroatoms. The van der Waals surface area contributed by atoms with Crippen molar-refractivity contribution in [1.29, 1.82) is 0 Å². The highest BCUT2D eigenvalue weighted by molar-refractivity contribution is 5.96. The van der Waals surface area contributed by atoms with Crippen LogP contribution in [0.15, 0.2) is 24.3 Å². The molecular weight excluding hydrogens is 252 g/mol. The average Bonchev–Trinajstić information content (AvgIpc) is 2.49. The van der Waals surface area contributed by atoms with Gasteiger partial charge in [0.25, 0.3) is 0 Å². The summed E-state index contributed by atoms with van der Waals surface area (Å²) in [6.45, 7) is 7.94. The van der Waals surface area contributed by atoms with Gasteiger partial charge in [-0.05, 0) is 44.2 Å². The Morgan fingerprint density at radius 1 is 1.25 bits per heavy atom. The molecule has 1 saturated heterocycles. The summed E-state index contributed by atoms with van der Waals surface area (Å²) in [6, 6.07) is 7.45. The number of carbonyl (C=O) groups is 1. The van der Waals surface area contributed by atoms with Crippen LogP contribution in [0, 0.1) is 0 Å². The lowest BCUT2D eigenvalue weighted by molar-refractivity contribution is 0.0973. The number of Topliss-reactive ketones (excluding diaryl/α,β-unsaturated/α-hetero) is 1. The number of carbonyl (C=O) groups excluding carboxylic acids is 1. The second-order valence-electron chi connectivity index (χ2n) is 5.08. The summed E-state index contributed by atoms with van der Waals surface area (Å²) in [5, 5.41) is 3.33. The molecule has 0 aromatic heterocycles. The average molecular weight is 276 g/mol. The maximum atomic E-state index is 12.1. The monoisotopic (exact) mass is 276 g/mol. The number of hydrogen-bond donors (Lipinski definition) is 1. The molecule has 1 fully saturated rings. The van der Waals surface area contributed by atoms with Gasteiger partial charge >= 0.3 is 0 Å². The number of benzene rings is 1. The van der Waals surface area contributed by atoms with E-state index in [1.807, 2.05) is 31.2 Å². The molecule has 1 N–H and O–H groups in total. The van der Waals surface area contributed by atoms with E-state index in [2.05, 4.69) is 10.2 Å². The van der Waals surface area contributed by atoms with Crippen molar-refractivity contribution in [2.45, 2.75) is 19.8 Å². The summed E-state index contributed by atoms with van der Waals surface area (Å²) in [5.41, 5.74) is 0.786. The van der Waals surface area contributed by atoms with Crippen molar-refractivity contribution >= 4 is 5.78 Å². The normalized spacial score (nSPS) is 16.1. The topological polar surface area (TPSA) is 41.6 Å². The molecule has 0 unspecified atom stereocenters. The molecule has 20 heavy (non-hydrogen) atoms. The largest absolute Gasteiger partial charge is 0.494 e. The zero-order chi connectivity index (χ0) is 14.2. The van der Waals surface area contributed by atoms with Crippen LogP contribution in [0.25, 0.3) is 0 Å². The van der Waals surface area contributed by atoms with Crippen LogP contribution in [0.3, 0.4) is 0 Å². The van der Waals surface area contributed by atoms with Crippen LogP contribution in [0.4, 0.5) is 0 Å². The molecule has 0 radical (unpaired) electrons. The molecule has 1 aromatic rings. The van der Waals surface area contributed by atoms with E-state index < -0.39 is 0 Å². The van der Waals surface area contributed by atoms with E-state index in [0.29, 0.717) is 13.0 Å². The van der Waals surface area contributed by atoms with Crippen LogP contribution in [0.1, 0.15) is 30.1 Å². The summed E-state index contributed by atoms with van der Waals surface area (Å²) in [6.07, 6.45) is 1.56. The van der Waals surface area contributed by atoms with Gasteiger partial charge in [0.15, 0.2) is 5.78 Å². The van der Waals surface area contributed by atoms with Gasteiger partial charge in [0.1, 0.15) is 5.75 Å². The molecule has 0 spiro atoms. The van der Waals surface area contributed by atoms with Crippen molar-refractivity contribution in [1.82, 2.24) is 10.2 Å². The fourth-order valence-corrected chi connectivity index (χ4v) is 2.45. The van der Waals surface area contributed by atoms with E-state index >= 15 is 0 Å². The van der Waals surface area contributed by atoms with Crippen LogP contribution < -0.4 is 10.1 Å². The summed E-state index contributed by atoms with van der Waals surface area (Å²) < 4.78 is 5.38. The van der Waals surface area contributed by atoms with Crippen LogP contribution in [0.2, 0.25) is 0 Å². The van der Waals surface area contributed by atoms with E-state index in [1.165, 1.54) is 0 Å². The van der Waals surface area contributed by atoms with Gasteiger partial charge in [-0.2, -0.15) is 0 Å². The van der Waals surface area contributed by atoms with Crippen LogP contribution in [-0.4, -0.2) is 50.0 Å². The number of hydrogen-bond acceptors (Lipinski definition) is 4. The molecule has 0 bridgehead atoms. The van der Waals surface area contributed by atoms with Gasteiger partial charge in [-0.15, -0.1) is 0 Å². The molecule has 2 rings (SSSR count). The van der Waals surface area contributed by atoms with Crippen molar-refractivity contribution in [2.24, 2.45) is 0 Å². The van der Waals surface area contributed by atoms with Crippen molar-refractivity contribution in [3.8, 4) is 5.75 Å². The van der Waals surface area contributed by atoms with E-state index in [-0.39, 0.29) is 5.78 Å². The van der Waals surface area contributed by atoms with Crippen LogP contribution in [-0.2, 0) is 0 Å². The predicted molar refractivity (Wildman–Crippen MR) is 80.5 cm³/mol. The Hall–Kier alpha value is -1.39. The fraction of sp³-hybridized carbons (Fsp3) is 0.562. The smallest absolute Gasteiger partial charge is 0.162 e. The highest BCUT2D eigenvalue weighted by Gasteiger charge is 2.11. The van der Waals surface area contributed by atoms with Gasteiger partial charge in [-0.1, -0.05) is 0 Å². The standard InChI is InChI=1S/C16H24N2O2/c1-2-20-15-7-5-14(6-8-15)16(19)4-3-11-18-12-9-17-10-13-18/h5-8,17H,2-4,9-13H2,1H3. The zero-order valence-corrected chi connectivity index (χ0v) is 12.2. The Bertz CT molecular complexity index is 411. The highest BCUT2D eigenvalue weighted by atomic mass is 16.5. The highest BCUT2D eigenvalue weighted by Crippen LogP contribution is 2.14. The van der Waals surface area contributed by atoms with Gasteiger partial charge in [0, 0.05) is 38.2 Å². The van der Waals surface area contributed by atoms with Crippen LogP contribution >= 0.6 is 0 Å². The van der Waals surface area contributed by atoms with Crippen molar-refractivity contribution in [3.63, 3.8) is 0 Å². The lowest BCUT2D eigenvalue weighted by Gasteiger charge is -2.26. The molecule has 1 aromatic carbocycles. The summed E-state index contributed by atoms with van der Waals surface area (Å²) in [5.74, 6) is 1.05. The van der Waals surface area contributed by atoms with Gasteiger partial charge in [-0.3, -0.25) is 4.79 Å². The van der Waals surface area contributed by atoms with E-state index in [4.69, 9.17) is 4.74 Å². The first-order chi connectivity index (χ1) is 9.79. The Kier molecular flexibility index (Phi) is 6.02. The molecule has 1 aliphatic rings. The third-order valence-electron chi connectivity index (χ3n) is 3.58. The third kappa shape index (κ3) is 4.62. The number of nitrogens with zero attached hydrogens (tertiary/aromatic N) is 1. The van der Waals surface area contributed by atoms with Gasteiger partial charge in [-0.25, -0.2) is 0 Å². The van der Waals surface area contributed by atoms with E-state index in [9.17, 15) is 4.79 Å². The predicted octanol–water partition coefficient (Wildman–Crippen LogP) is 1.95. The minimum atomic E-state index is 0.225. The maximum Gasteiger partial charge on any atom is 0.162 e. The maximum absolute atomic E-state index is 12.1. The minimum absolute atomic E-state index is 0.225. The molecule has 0 amide bonds. The van der Waals surface area contributed by atoms with E-state index in [0.717, 1.165) is 50.5 Å². The lowest BCUT2D eigenvalue weighted by Crippen LogP contribution is -2.43. The molecule has 1 heterocycles. The second kappa shape index (κ2) is 8.02. The molecule has 0 atom stereocenters. The van der Waals surface area contributed by atoms with Crippen molar-refractivity contribution in [3.05, 3.63) is 29.8 Å².